The number of nitrogens with zero attached hydrogens (tertiary/aromatic N) is 2. The van der Waals surface area contributed by atoms with Crippen LogP contribution < -0.4 is 5.32 Å². The molecular formula is C21H18F3N3O2S. The second kappa shape index (κ2) is 7.41. The summed E-state index contributed by atoms with van der Waals surface area (Å²) in [5.41, 5.74) is 1.65. The van der Waals surface area contributed by atoms with Gasteiger partial charge in [-0.15, -0.1) is 0 Å². The number of fused-ring (bicyclic) bond motifs is 3. The second-order valence-electron chi connectivity index (χ2n) is 7.11. The van der Waals surface area contributed by atoms with Crippen LogP contribution in [-0.4, -0.2) is 32.6 Å². The Bertz CT molecular complexity index is 1240. The van der Waals surface area contributed by atoms with Gasteiger partial charge in [-0.25, -0.2) is 0 Å². The van der Waals surface area contributed by atoms with Crippen LogP contribution in [0.2, 0.25) is 0 Å². The van der Waals surface area contributed by atoms with Gasteiger partial charge in [0.05, 0.1) is 17.7 Å². The second-order valence-corrected chi connectivity index (χ2v) is 8.08. The predicted octanol–water partition coefficient (Wildman–Crippen LogP) is 4.68. The van der Waals surface area contributed by atoms with E-state index in [1.807, 2.05) is 6.92 Å². The summed E-state index contributed by atoms with van der Waals surface area (Å²) in [5, 5.41) is 13.5. The molecule has 1 atom stereocenters. The lowest BCUT2D eigenvalue weighted by Crippen LogP contribution is -2.34. The highest BCUT2D eigenvalue weighted by Gasteiger charge is 2.30. The van der Waals surface area contributed by atoms with Crippen LogP contribution in [-0.2, 0) is 6.18 Å². The molecule has 0 aliphatic carbocycles. The number of hydrogen-bond donors (Lipinski definition) is 2. The topological polar surface area (TPSA) is 67.2 Å². The van der Waals surface area contributed by atoms with Crippen LogP contribution in [0.3, 0.4) is 0 Å². The summed E-state index contributed by atoms with van der Waals surface area (Å²) in [6, 6.07) is 9.71. The van der Waals surface area contributed by atoms with Crippen LogP contribution in [0.1, 0.15) is 27.7 Å². The summed E-state index contributed by atoms with van der Waals surface area (Å²) in [6.45, 7) is 3.44. The number of aliphatic hydroxyl groups excluding tert-OH is 1. The highest BCUT2D eigenvalue weighted by Crippen LogP contribution is 2.37. The lowest BCUT2D eigenvalue weighted by molar-refractivity contribution is -0.137. The number of benzene rings is 2. The molecule has 30 heavy (non-hydrogen) atoms. The monoisotopic (exact) mass is 433 g/mol. The van der Waals surface area contributed by atoms with Crippen molar-refractivity contribution in [2.75, 3.05) is 6.61 Å². The quantitative estimate of drug-likeness (QED) is 0.491. The minimum atomic E-state index is -4.40. The fraction of sp³-hybridized carbons (Fsp3) is 0.238. The van der Waals surface area contributed by atoms with E-state index >= 15 is 0 Å². The number of carbonyl (C=O) groups excluding carboxylic acids is 1. The van der Waals surface area contributed by atoms with Crippen molar-refractivity contribution in [3.8, 4) is 5.69 Å². The molecule has 0 saturated carbocycles. The van der Waals surface area contributed by atoms with E-state index in [9.17, 15) is 18.0 Å². The molecule has 0 aliphatic rings. The average molecular weight is 433 g/mol. The summed E-state index contributed by atoms with van der Waals surface area (Å²) in [7, 11) is 0. The standard InChI is InChI=1S/C21H18F3N3O2S/c1-11(10-28)25-20(29)13-3-8-17-16(9-13)18-12(2)30-26-19(18)27(17)15-6-4-14(5-7-15)21(22,23)24/h3-9,11,28H,10H2,1-2H3,(H,25,29)/t11-/m1/s1. The summed E-state index contributed by atoms with van der Waals surface area (Å²) in [6.07, 6.45) is -4.40. The molecule has 0 radical (unpaired) electrons. The Hall–Kier alpha value is -2.91. The molecule has 156 valence electrons. The first kappa shape index (κ1) is 20.4. The number of aliphatic hydroxyl groups is 1. The van der Waals surface area contributed by atoms with Crippen LogP contribution in [0.25, 0.3) is 27.6 Å². The van der Waals surface area contributed by atoms with Gasteiger partial charge in [-0.2, -0.15) is 17.5 Å². The molecule has 0 spiro atoms. The zero-order valence-corrected chi connectivity index (χ0v) is 16.9. The molecule has 0 bridgehead atoms. The molecule has 0 saturated heterocycles. The minimum absolute atomic E-state index is 0.171. The van der Waals surface area contributed by atoms with Crippen molar-refractivity contribution in [1.29, 1.82) is 0 Å². The third kappa shape index (κ3) is 3.44. The van der Waals surface area contributed by atoms with E-state index < -0.39 is 11.7 Å². The zero-order chi connectivity index (χ0) is 21.6. The Labute approximate surface area is 173 Å². The molecule has 4 rings (SSSR count). The number of carbonyl (C=O) groups is 1. The van der Waals surface area contributed by atoms with E-state index in [1.54, 1.807) is 29.7 Å². The number of aryl methyl sites for hydroxylation is 1. The molecule has 0 fully saturated rings. The van der Waals surface area contributed by atoms with Crippen molar-refractivity contribution in [3.63, 3.8) is 0 Å². The normalized spacial score (nSPS) is 13.1. The molecule has 2 N–H and O–H groups in total. The van der Waals surface area contributed by atoms with E-state index in [1.165, 1.54) is 23.7 Å². The summed E-state index contributed by atoms with van der Waals surface area (Å²) >= 11 is 1.30. The number of rotatable bonds is 4. The van der Waals surface area contributed by atoms with Gasteiger partial charge in [0.15, 0.2) is 5.65 Å². The molecule has 2 heterocycles. The number of aromatic nitrogens is 2. The number of alkyl halides is 3. The van der Waals surface area contributed by atoms with Gasteiger partial charge < -0.3 is 10.4 Å². The molecule has 5 nitrogen and oxygen atoms in total. The summed E-state index contributed by atoms with van der Waals surface area (Å²) < 4.78 is 45.1. The van der Waals surface area contributed by atoms with Crippen molar-refractivity contribution in [1.82, 2.24) is 14.3 Å². The fourth-order valence-electron chi connectivity index (χ4n) is 3.42. The van der Waals surface area contributed by atoms with Crippen LogP contribution in [0, 0.1) is 6.92 Å². The van der Waals surface area contributed by atoms with Gasteiger partial charge in [0, 0.05) is 32.9 Å². The van der Waals surface area contributed by atoms with E-state index in [2.05, 4.69) is 9.69 Å². The van der Waals surface area contributed by atoms with Gasteiger partial charge in [-0.3, -0.25) is 9.36 Å². The Morgan fingerprint density at radius 1 is 1.23 bits per heavy atom. The van der Waals surface area contributed by atoms with Gasteiger partial charge in [0.25, 0.3) is 5.91 Å². The van der Waals surface area contributed by atoms with Gasteiger partial charge in [-0.1, -0.05) is 0 Å². The Kier molecular flexibility index (Phi) is 5.03. The lowest BCUT2D eigenvalue weighted by atomic mass is 10.1. The molecule has 4 aromatic rings. The Morgan fingerprint density at radius 2 is 1.93 bits per heavy atom. The molecule has 9 heteroatoms. The van der Waals surface area contributed by atoms with Crippen LogP contribution in [0.4, 0.5) is 13.2 Å². The number of hydrogen-bond acceptors (Lipinski definition) is 4. The third-order valence-corrected chi connectivity index (χ3v) is 5.67. The fourth-order valence-corrected chi connectivity index (χ4v) is 4.11. The summed E-state index contributed by atoms with van der Waals surface area (Å²) in [4.78, 5) is 13.4. The average Bonchev–Trinajstić information content (AvgIpc) is 3.24. The molecule has 0 unspecified atom stereocenters. The molecule has 1 amide bonds. The molecule has 2 aromatic heterocycles. The maximum Gasteiger partial charge on any atom is 0.416 e. The number of halogens is 3. The first-order valence-electron chi connectivity index (χ1n) is 9.20. The Balaban J connectivity index is 1.87. The van der Waals surface area contributed by atoms with E-state index in [0.717, 1.165) is 33.3 Å². The molecule has 2 aromatic carbocycles. The van der Waals surface area contributed by atoms with E-state index in [-0.39, 0.29) is 18.6 Å². The van der Waals surface area contributed by atoms with E-state index in [4.69, 9.17) is 5.11 Å². The molecule has 0 aliphatic heterocycles. The highest BCUT2D eigenvalue weighted by atomic mass is 32.1. The van der Waals surface area contributed by atoms with Crippen molar-refractivity contribution < 1.29 is 23.1 Å². The van der Waals surface area contributed by atoms with Gasteiger partial charge in [-0.05, 0) is 67.8 Å². The first-order valence-corrected chi connectivity index (χ1v) is 9.98. The van der Waals surface area contributed by atoms with Crippen LogP contribution >= 0.6 is 11.5 Å². The number of amides is 1. The lowest BCUT2D eigenvalue weighted by Gasteiger charge is -2.12. The Morgan fingerprint density at radius 3 is 2.57 bits per heavy atom. The first-order chi connectivity index (χ1) is 14.2. The predicted molar refractivity (Wildman–Crippen MR) is 110 cm³/mol. The number of nitrogens with one attached hydrogen (secondary N) is 1. The SMILES string of the molecule is Cc1snc2c1c1cc(C(=O)N[C@H](C)CO)ccc1n2-c1ccc(C(F)(F)F)cc1. The van der Waals surface area contributed by atoms with Gasteiger partial charge in [0.2, 0.25) is 0 Å². The highest BCUT2D eigenvalue weighted by molar-refractivity contribution is 7.07. The van der Waals surface area contributed by atoms with Gasteiger partial charge >= 0.3 is 6.18 Å². The maximum atomic E-state index is 12.9. The van der Waals surface area contributed by atoms with Crippen LogP contribution in [0.15, 0.2) is 42.5 Å². The largest absolute Gasteiger partial charge is 0.416 e. The van der Waals surface area contributed by atoms with Gasteiger partial charge in [0.1, 0.15) is 0 Å². The third-order valence-electron chi connectivity index (χ3n) is 4.93. The maximum absolute atomic E-state index is 12.9. The smallest absolute Gasteiger partial charge is 0.394 e. The van der Waals surface area contributed by atoms with Crippen molar-refractivity contribution >= 4 is 39.4 Å². The molecular weight excluding hydrogens is 415 g/mol. The summed E-state index contributed by atoms with van der Waals surface area (Å²) in [5.74, 6) is -0.310. The zero-order valence-electron chi connectivity index (χ0n) is 16.1. The van der Waals surface area contributed by atoms with Crippen molar-refractivity contribution in [2.45, 2.75) is 26.1 Å². The van der Waals surface area contributed by atoms with Crippen molar-refractivity contribution in [2.24, 2.45) is 0 Å². The minimum Gasteiger partial charge on any atom is -0.394 e. The van der Waals surface area contributed by atoms with E-state index in [0.29, 0.717) is 16.9 Å². The van der Waals surface area contributed by atoms with Crippen molar-refractivity contribution in [3.05, 3.63) is 58.5 Å². The van der Waals surface area contributed by atoms with Crippen LogP contribution in [0.5, 0.6) is 0 Å².